The highest BCUT2D eigenvalue weighted by Gasteiger charge is 2.26. The molecule has 2 aliphatic rings. The van der Waals surface area contributed by atoms with Crippen LogP contribution in [0.1, 0.15) is 55.8 Å². The number of amides is 1. The van der Waals surface area contributed by atoms with Crippen LogP contribution in [0.3, 0.4) is 0 Å². The number of nitrogens with zero attached hydrogens (tertiary/aromatic N) is 2. The first-order chi connectivity index (χ1) is 13.9. The summed E-state index contributed by atoms with van der Waals surface area (Å²) in [6, 6.07) is 5.76. The Morgan fingerprint density at radius 3 is 2.28 bits per heavy atom. The second-order valence-electron chi connectivity index (χ2n) is 8.01. The minimum Gasteiger partial charge on any atom is -0.452 e. The zero-order valence-corrected chi connectivity index (χ0v) is 17.8. The third-order valence-corrected chi connectivity index (χ3v) is 7.54. The van der Waals surface area contributed by atoms with Gasteiger partial charge in [0.1, 0.15) is 0 Å². The number of ether oxygens (including phenoxy) is 1. The highest BCUT2D eigenvalue weighted by Crippen LogP contribution is 2.21. The quantitative estimate of drug-likeness (QED) is 0.681. The van der Waals surface area contributed by atoms with Crippen molar-refractivity contribution in [2.24, 2.45) is 5.92 Å². The minimum absolute atomic E-state index is 0.175. The smallest absolute Gasteiger partial charge is 0.338 e. The van der Waals surface area contributed by atoms with Crippen LogP contribution in [0.5, 0.6) is 0 Å². The third-order valence-electron chi connectivity index (χ3n) is 5.63. The lowest BCUT2D eigenvalue weighted by molar-refractivity contribution is -0.136. The van der Waals surface area contributed by atoms with Crippen LogP contribution in [0.15, 0.2) is 29.2 Å². The lowest BCUT2D eigenvalue weighted by Gasteiger charge is -2.30. The van der Waals surface area contributed by atoms with Crippen molar-refractivity contribution < 1.29 is 22.7 Å². The molecule has 7 nitrogen and oxygen atoms in total. The molecule has 0 radical (unpaired) electrons. The highest BCUT2D eigenvalue weighted by atomic mass is 32.2. The summed E-state index contributed by atoms with van der Waals surface area (Å²) in [6.45, 7) is 4.27. The molecule has 0 aliphatic carbocycles. The Kier molecular flexibility index (Phi) is 7.29. The van der Waals surface area contributed by atoms with Crippen molar-refractivity contribution in [3.63, 3.8) is 0 Å². The Morgan fingerprint density at radius 2 is 1.66 bits per heavy atom. The van der Waals surface area contributed by atoms with E-state index in [1.807, 2.05) is 0 Å². The standard InChI is InChI=1S/C21H30N2O5S/c1-17-7-6-12-22(15-17)20(24)16-28-21(25)18-8-10-19(11-9-18)29(26,27)23-13-4-2-3-5-14-23/h8-11,17H,2-7,12-16H2,1H3/t17-/m1/s1. The van der Waals surface area contributed by atoms with E-state index >= 15 is 0 Å². The van der Waals surface area contributed by atoms with Crippen molar-refractivity contribution >= 4 is 21.9 Å². The SMILES string of the molecule is C[C@@H]1CCCN(C(=O)COC(=O)c2ccc(S(=O)(=O)N3CCCCCC3)cc2)C1. The van der Waals surface area contributed by atoms with Gasteiger partial charge >= 0.3 is 5.97 Å². The fourth-order valence-electron chi connectivity index (χ4n) is 3.91. The van der Waals surface area contributed by atoms with Gasteiger partial charge in [0.2, 0.25) is 10.0 Å². The molecular formula is C21H30N2O5S. The molecule has 0 unspecified atom stereocenters. The first-order valence-corrected chi connectivity index (χ1v) is 11.9. The normalized spacial score (nSPS) is 21.4. The maximum Gasteiger partial charge on any atom is 0.338 e. The van der Waals surface area contributed by atoms with Crippen molar-refractivity contribution in [2.75, 3.05) is 32.8 Å². The summed E-state index contributed by atoms with van der Waals surface area (Å²) in [5.41, 5.74) is 0.236. The van der Waals surface area contributed by atoms with Crippen LogP contribution in [0, 0.1) is 5.92 Å². The fourth-order valence-corrected chi connectivity index (χ4v) is 5.43. The van der Waals surface area contributed by atoms with E-state index in [1.165, 1.54) is 28.6 Å². The summed E-state index contributed by atoms with van der Waals surface area (Å²) in [7, 11) is -3.55. The predicted octanol–water partition coefficient (Wildman–Crippen LogP) is 2.67. The van der Waals surface area contributed by atoms with Gasteiger partial charge in [-0.2, -0.15) is 4.31 Å². The molecular weight excluding hydrogens is 392 g/mol. The number of carbonyl (C=O) groups excluding carboxylic acids is 2. The molecule has 2 saturated heterocycles. The van der Waals surface area contributed by atoms with Crippen LogP contribution in [0.25, 0.3) is 0 Å². The van der Waals surface area contributed by atoms with Crippen molar-refractivity contribution in [3.8, 4) is 0 Å². The molecule has 160 valence electrons. The summed E-state index contributed by atoms with van der Waals surface area (Å²) in [6.07, 6.45) is 5.91. The van der Waals surface area contributed by atoms with E-state index in [4.69, 9.17) is 4.74 Å². The molecule has 8 heteroatoms. The van der Waals surface area contributed by atoms with Crippen LogP contribution in [0.4, 0.5) is 0 Å². The molecule has 2 fully saturated rings. The summed E-state index contributed by atoms with van der Waals surface area (Å²) in [4.78, 5) is 26.4. The molecule has 1 aromatic rings. The Morgan fingerprint density at radius 1 is 1.00 bits per heavy atom. The van der Waals surface area contributed by atoms with Gasteiger partial charge in [-0.3, -0.25) is 4.79 Å². The number of esters is 1. The molecule has 0 N–H and O–H groups in total. The number of hydrogen-bond donors (Lipinski definition) is 0. The molecule has 0 saturated carbocycles. The van der Waals surface area contributed by atoms with Gasteiger partial charge in [-0.1, -0.05) is 19.8 Å². The predicted molar refractivity (Wildman–Crippen MR) is 109 cm³/mol. The number of sulfonamides is 1. The molecule has 2 heterocycles. The minimum atomic E-state index is -3.55. The third kappa shape index (κ3) is 5.57. The van der Waals surface area contributed by atoms with Gasteiger partial charge in [-0.25, -0.2) is 13.2 Å². The summed E-state index contributed by atoms with van der Waals surface area (Å²) >= 11 is 0. The maximum atomic E-state index is 12.8. The molecule has 1 aromatic carbocycles. The average Bonchev–Trinajstić information content (AvgIpc) is 3.02. The van der Waals surface area contributed by atoms with E-state index in [0.29, 0.717) is 32.1 Å². The fraction of sp³-hybridized carbons (Fsp3) is 0.619. The van der Waals surface area contributed by atoms with E-state index < -0.39 is 16.0 Å². The molecule has 1 atom stereocenters. The van der Waals surface area contributed by atoms with Gasteiger partial charge in [-0.05, 0) is 55.9 Å². The van der Waals surface area contributed by atoms with Crippen LogP contribution >= 0.6 is 0 Å². The summed E-state index contributed by atoms with van der Waals surface area (Å²) < 4.78 is 32.3. The number of carbonyl (C=O) groups is 2. The van der Waals surface area contributed by atoms with Crippen LogP contribution in [0.2, 0.25) is 0 Å². The van der Waals surface area contributed by atoms with Crippen molar-refractivity contribution in [1.82, 2.24) is 9.21 Å². The van der Waals surface area contributed by atoms with Gasteiger partial charge in [0.25, 0.3) is 5.91 Å². The topological polar surface area (TPSA) is 84.0 Å². The zero-order chi connectivity index (χ0) is 20.9. The van der Waals surface area contributed by atoms with Gasteiger partial charge in [0.05, 0.1) is 10.5 Å². The monoisotopic (exact) mass is 422 g/mol. The molecule has 1 amide bonds. The Labute approximate surface area is 173 Å². The first-order valence-electron chi connectivity index (χ1n) is 10.4. The van der Waals surface area contributed by atoms with Crippen LogP contribution < -0.4 is 0 Å². The molecule has 29 heavy (non-hydrogen) atoms. The highest BCUT2D eigenvalue weighted by molar-refractivity contribution is 7.89. The van der Waals surface area contributed by atoms with Gasteiger partial charge in [0, 0.05) is 26.2 Å². The number of piperidine rings is 1. The van der Waals surface area contributed by atoms with Gasteiger partial charge in [0.15, 0.2) is 6.61 Å². The van der Waals surface area contributed by atoms with E-state index in [-0.39, 0.29) is 23.0 Å². The number of rotatable bonds is 5. The van der Waals surface area contributed by atoms with E-state index in [2.05, 4.69) is 6.92 Å². The number of hydrogen-bond acceptors (Lipinski definition) is 5. The molecule has 2 aliphatic heterocycles. The lowest BCUT2D eigenvalue weighted by Crippen LogP contribution is -2.41. The van der Waals surface area contributed by atoms with Gasteiger partial charge in [-0.15, -0.1) is 0 Å². The van der Waals surface area contributed by atoms with Crippen LogP contribution in [-0.4, -0.2) is 62.3 Å². The summed E-state index contributed by atoms with van der Waals surface area (Å²) in [5, 5.41) is 0. The van der Waals surface area contributed by atoms with Gasteiger partial charge < -0.3 is 9.64 Å². The largest absolute Gasteiger partial charge is 0.452 e. The Bertz CT molecular complexity index is 814. The second-order valence-corrected chi connectivity index (χ2v) is 9.94. The Balaban J connectivity index is 1.57. The lowest BCUT2D eigenvalue weighted by atomic mass is 10.0. The van der Waals surface area contributed by atoms with E-state index in [1.54, 1.807) is 4.90 Å². The Hall–Kier alpha value is -1.93. The molecule has 0 spiro atoms. The van der Waals surface area contributed by atoms with Crippen molar-refractivity contribution in [3.05, 3.63) is 29.8 Å². The van der Waals surface area contributed by atoms with E-state index in [9.17, 15) is 18.0 Å². The second kappa shape index (κ2) is 9.71. The zero-order valence-electron chi connectivity index (χ0n) is 17.0. The van der Waals surface area contributed by atoms with Crippen molar-refractivity contribution in [1.29, 1.82) is 0 Å². The van der Waals surface area contributed by atoms with Crippen LogP contribution in [-0.2, 0) is 19.6 Å². The average molecular weight is 423 g/mol. The van der Waals surface area contributed by atoms with Crippen molar-refractivity contribution in [2.45, 2.75) is 50.3 Å². The molecule has 0 bridgehead atoms. The molecule has 3 rings (SSSR count). The van der Waals surface area contributed by atoms with E-state index in [0.717, 1.165) is 38.5 Å². The number of likely N-dealkylation sites (tertiary alicyclic amines) is 1. The molecule has 0 aromatic heterocycles. The number of benzene rings is 1. The summed E-state index contributed by atoms with van der Waals surface area (Å²) in [5.74, 6) is -0.352. The maximum absolute atomic E-state index is 12.8. The first kappa shape index (κ1) is 21.8.